The fraction of sp³-hybridized carbons (Fsp3) is 0.449. The summed E-state index contributed by atoms with van der Waals surface area (Å²) in [5.74, 6) is -0.400. The Balaban J connectivity index is 0.000000283. The van der Waals surface area contributed by atoms with Crippen LogP contribution in [0.5, 0.6) is 0 Å². The lowest BCUT2D eigenvalue weighted by molar-refractivity contribution is -0.161. The Morgan fingerprint density at radius 2 is 0.500 bits per heavy atom. The molecule has 0 unspecified atom stereocenters. The van der Waals surface area contributed by atoms with E-state index >= 15 is 0 Å². The normalized spacial score (nSPS) is 12.3. The molecule has 0 amide bonds. The van der Waals surface area contributed by atoms with Gasteiger partial charge in [0.25, 0.3) is 0 Å². The number of hydrogen-bond acceptors (Lipinski definition) is 25. The lowest BCUT2D eigenvalue weighted by Crippen LogP contribution is -2.24. The molecule has 5 heterocycles. The summed E-state index contributed by atoms with van der Waals surface area (Å²) in [6, 6.07) is 60.0. The first-order valence-electron chi connectivity index (χ1n) is 50.0. The van der Waals surface area contributed by atoms with Crippen molar-refractivity contribution in [3.63, 3.8) is 0 Å². The molecule has 0 radical (unpaired) electrons. The smallest absolute Gasteiger partial charge is 0.314 e. The number of benzene rings is 5. The maximum absolute atomic E-state index is 12.1. The fourth-order valence-corrected chi connectivity index (χ4v) is 14.7. The maximum atomic E-state index is 12.1. The number of aryl methyl sites for hydroxylation is 10. The van der Waals surface area contributed by atoms with Crippen molar-refractivity contribution in [2.24, 2.45) is 11.3 Å². The molecule has 0 aliphatic carbocycles. The molecule has 5 aromatic carbocycles. The van der Waals surface area contributed by atoms with Crippen molar-refractivity contribution in [3.8, 4) is 30.3 Å². The van der Waals surface area contributed by atoms with E-state index in [0.717, 1.165) is 56.3 Å². The van der Waals surface area contributed by atoms with Gasteiger partial charge in [-0.05, 0) is 209 Å². The van der Waals surface area contributed by atoms with Crippen LogP contribution in [0.3, 0.4) is 0 Å². The zero-order valence-corrected chi connectivity index (χ0v) is 93.0. The summed E-state index contributed by atoms with van der Waals surface area (Å²) in [5.41, 5.74) is 18.2. The standard InChI is InChI=1S/C25H33N3O3.2C24H31N3O3.C23H29N3O3.C22H27N3O3/c1-9-28-21(14-17(2)27-28)22(30-16-31-23(29)25(6,7)8)20(15-26)18-10-12-19(13-11-18)24(3,4)5;1-8-27-21(13-17(4)26-27)22(29-15-30-23(28)16(2)3)20(14-25)18-9-11-19(12-10-18)24(5,6)7;1-7-9-22(28)29-16-30-23(21-14-17(3)26-27(21)8-2)20(15-25)18-10-12-19(13-11-18)24(4,5)6;1-7-21(27)28-15-29-22(20-13-16(3)25-26(20)8-2)19(14-24)17-9-11-18(12-10-17)23(4,5)6;1-7-25-20(12-15(2)24-25)21(28-14-27-16(3)26)19(13-23)17-8-10-18(11-9-17)22(4,5)6/h10-14H,9,16H2,1-8H3;9-13,16H,8,15H2,1-7H3;10-14H,7-9,16H2,1-6H3;9-13H,7-8,15H2,1-6H3;8-12H,7,14H2,1-6H3/b2*22-20-;23-20-;22-19-;21-19-. The second-order valence-electron chi connectivity index (χ2n) is 41.5. The van der Waals surface area contributed by atoms with E-state index < -0.39 is 11.4 Å². The third kappa shape index (κ3) is 35.2. The summed E-state index contributed by atoms with van der Waals surface area (Å²) in [5, 5.41) is 72.1. The molecule has 788 valence electrons. The molecule has 30 nitrogen and oxygen atoms in total. The van der Waals surface area contributed by atoms with E-state index in [1.54, 1.807) is 65.0 Å². The molecule has 0 saturated carbocycles. The summed E-state index contributed by atoms with van der Waals surface area (Å²) in [4.78, 5) is 58.3. The number of aromatic nitrogens is 10. The minimum absolute atomic E-state index is 0.00742. The molecule has 0 fully saturated rings. The Kier molecular flexibility index (Phi) is 45.3. The number of carbonyl (C=O) groups excluding carboxylic acids is 5. The molecular weight excluding hydrogens is 1870 g/mol. The third-order valence-electron chi connectivity index (χ3n) is 23.0. The van der Waals surface area contributed by atoms with Gasteiger partial charge in [0.15, 0.2) is 28.8 Å². The van der Waals surface area contributed by atoms with Crippen LogP contribution >= 0.6 is 0 Å². The second kappa shape index (κ2) is 55.3. The first-order chi connectivity index (χ1) is 69.5. The van der Waals surface area contributed by atoms with Crippen LogP contribution < -0.4 is 0 Å². The van der Waals surface area contributed by atoms with E-state index in [1.807, 2.05) is 228 Å². The first kappa shape index (κ1) is 121. The third-order valence-corrected chi connectivity index (χ3v) is 23.0. The van der Waals surface area contributed by atoms with E-state index in [4.69, 9.17) is 47.4 Å². The van der Waals surface area contributed by atoms with Crippen LogP contribution in [0.1, 0.15) is 326 Å². The minimum Gasteiger partial charge on any atom is -0.454 e. The Hall–Kier alpha value is -15.4. The molecule has 0 aliphatic heterocycles. The highest BCUT2D eigenvalue weighted by atomic mass is 16.7. The Bertz CT molecular complexity index is 6570. The number of nitriles is 5. The molecule has 10 aromatic rings. The Morgan fingerprint density at radius 3 is 0.676 bits per heavy atom. The van der Waals surface area contributed by atoms with Gasteiger partial charge in [-0.1, -0.05) is 253 Å². The van der Waals surface area contributed by atoms with Crippen LogP contribution in [0.4, 0.5) is 0 Å². The van der Waals surface area contributed by atoms with Gasteiger partial charge in [-0.2, -0.15) is 51.8 Å². The second-order valence-corrected chi connectivity index (χ2v) is 41.5. The average molecular weight is 2020 g/mol. The Labute approximate surface area is 875 Å². The minimum atomic E-state index is -0.643. The van der Waals surface area contributed by atoms with Crippen LogP contribution in [0.25, 0.3) is 56.7 Å². The van der Waals surface area contributed by atoms with Gasteiger partial charge in [-0.3, -0.25) is 47.4 Å². The van der Waals surface area contributed by atoms with Crippen LogP contribution in [0, 0.1) is 103 Å². The molecule has 0 atom stereocenters. The van der Waals surface area contributed by atoms with Gasteiger partial charge in [0, 0.05) is 52.5 Å². The molecule has 148 heavy (non-hydrogen) atoms. The molecule has 30 heteroatoms. The number of hydrogen-bond donors (Lipinski definition) is 0. The number of rotatable bonds is 34. The Morgan fingerprint density at radius 1 is 0.297 bits per heavy atom. The number of nitrogens with zero attached hydrogens (tertiary/aromatic N) is 15. The lowest BCUT2D eigenvalue weighted by Gasteiger charge is -2.20. The summed E-state index contributed by atoms with van der Waals surface area (Å²) in [7, 11) is 0. The predicted octanol–water partition coefficient (Wildman–Crippen LogP) is 25.0. The highest BCUT2D eigenvalue weighted by molar-refractivity contribution is 5.98. The molecule has 0 N–H and O–H groups in total. The summed E-state index contributed by atoms with van der Waals surface area (Å²) >= 11 is 0. The molecular formula is C118H151N15O15. The van der Waals surface area contributed by atoms with Gasteiger partial charge in [0.2, 0.25) is 34.0 Å². The number of ether oxygens (including phenoxy) is 10. The SMILES string of the molecule is CCC(=O)OCO/C(=C(/C#N)c1ccc(C(C)(C)C)cc1)c1cc(C)nn1CC.CCCC(=O)OCO/C(=C(/C#N)c1ccc(C(C)(C)C)cc1)c1cc(C)nn1CC.CCn1nc(C)cc1/C(OCOC(=O)C(C)(C)C)=C(\C#N)c1ccc(C(C)(C)C)cc1.CCn1nc(C)cc1/C(OCOC(=O)C(C)C)=C(\C#N)c1ccc(C(C)(C)C)cc1.CCn1nc(C)cc1/C(OCOC(C)=O)=C(\C#N)c1ccc(C(C)(C)C)cc1. The quantitative estimate of drug-likeness (QED) is 0.0119. The van der Waals surface area contributed by atoms with E-state index in [1.165, 1.54) is 34.7 Å². The highest BCUT2D eigenvalue weighted by Gasteiger charge is 2.30. The van der Waals surface area contributed by atoms with E-state index in [9.17, 15) is 50.3 Å². The number of carbonyl (C=O) groups is 5. The zero-order valence-electron chi connectivity index (χ0n) is 93.0. The first-order valence-corrected chi connectivity index (χ1v) is 50.0. The van der Waals surface area contributed by atoms with E-state index in [0.29, 0.717) is 131 Å². The van der Waals surface area contributed by atoms with Gasteiger partial charge in [0.05, 0.1) is 39.8 Å². The van der Waals surface area contributed by atoms with Gasteiger partial charge < -0.3 is 47.4 Å². The van der Waals surface area contributed by atoms with Gasteiger partial charge in [0.1, 0.15) is 86.7 Å². The molecule has 0 aliphatic rings. The van der Waals surface area contributed by atoms with Crippen molar-refractivity contribution in [2.75, 3.05) is 34.0 Å². The largest absolute Gasteiger partial charge is 0.454 e. The van der Waals surface area contributed by atoms with Crippen LogP contribution in [0.15, 0.2) is 152 Å². The molecule has 0 bridgehead atoms. The van der Waals surface area contributed by atoms with Crippen LogP contribution in [0.2, 0.25) is 0 Å². The monoisotopic (exact) mass is 2020 g/mol. The van der Waals surface area contributed by atoms with Crippen molar-refractivity contribution >= 4 is 86.5 Å². The van der Waals surface area contributed by atoms with Crippen LogP contribution in [-0.4, -0.2) is 113 Å². The maximum Gasteiger partial charge on any atom is 0.314 e. The lowest BCUT2D eigenvalue weighted by atomic mass is 9.86. The van der Waals surface area contributed by atoms with Crippen LogP contribution in [-0.2, 0) is 131 Å². The molecule has 0 spiro atoms. The number of esters is 5. The summed E-state index contributed by atoms with van der Waals surface area (Å²) in [6.07, 6.45) is 1.29. The summed E-state index contributed by atoms with van der Waals surface area (Å²) in [6.45, 7) is 66.9. The topological polar surface area (TPSA) is 386 Å². The average Bonchev–Trinajstić information content (AvgIpc) is 1.60. The van der Waals surface area contributed by atoms with Crippen molar-refractivity contribution in [3.05, 3.63) is 264 Å². The number of allylic oxidation sites excluding steroid dienone is 5. The van der Waals surface area contributed by atoms with Crippen molar-refractivity contribution in [1.29, 1.82) is 26.3 Å². The summed E-state index contributed by atoms with van der Waals surface area (Å²) < 4.78 is 63.7. The fourth-order valence-electron chi connectivity index (χ4n) is 14.7. The zero-order chi connectivity index (χ0) is 111. The molecule has 0 saturated heterocycles. The highest BCUT2D eigenvalue weighted by Crippen LogP contribution is 2.38. The predicted molar refractivity (Wildman–Crippen MR) is 576 cm³/mol. The van der Waals surface area contributed by atoms with Crippen molar-refractivity contribution in [2.45, 2.75) is 308 Å². The molecule has 10 rings (SSSR count). The van der Waals surface area contributed by atoms with Crippen molar-refractivity contribution in [1.82, 2.24) is 48.9 Å². The molecule has 5 aromatic heterocycles. The van der Waals surface area contributed by atoms with Crippen molar-refractivity contribution < 1.29 is 71.3 Å². The van der Waals surface area contributed by atoms with E-state index in [2.05, 4.69) is 160 Å². The van der Waals surface area contributed by atoms with Gasteiger partial charge in [-0.15, -0.1) is 0 Å². The van der Waals surface area contributed by atoms with E-state index in [-0.39, 0.29) is 97.3 Å². The van der Waals surface area contributed by atoms with Gasteiger partial charge >= 0.3 is 29.8 Å². The van der Waals surface area contributed by atoms with Gasteiger partial charge in [-0.25, -0.2) is 0 Å².